The van der Waals surface area contributed by atoms with Gasteiger partial charge in [0.25, 0.3) is 5.91 Å². The van der Waals surface area contributed by atoms with Gasteiger partial charge in [-0.2, -0.15) is 13.2 Å². The molecule has 10 heteroatoms. The van der Waals surface area contributed by atoms with Crippen molar-refractivity contribution < 1.29 is 27.6 Å². The number of aliphatic imine (C=N–C) groups is 1. The first-order valence-corrected chi connectivity index (χ1v) is 11.2. The molecule has 7 nitrogen and oxygen atoms in total. The van der Waals surface area contributed by atoms with Crippen LogP contribution in [0.2, 0.25) is 0 Å². The summed E-state index contributed by atoms with van der Waals surface area (Å²) in [5.74, 6) is -3.21. The Bertz CT molecular complexity index is 1100. The van der Waals surface area contributed by atoms with Gasteiger partial charge in [0.2, 0.25) is 18.0 Å². The summed E-state index contributed by atoms with van der Waals surface area (Å²) >= 11 is 0. The van der Waals surface area contributed by atoms with Crippen molar-refractivity contribution >= 4 is 29.1 Å². The molecule has 0 unspecified atom stereocenters. The van der Waals surface area contributed by atoms with Gasteiger partial charge in [-0.05, 0) is 19.4 Å². The summed E-state index contributed by atoms with van der Waals surface area (Å²) in [5, 5.41) is 4.99. The largest absolute Gasteiger partial charge is 0.389 e. The van der Waals surface area contributed by atoms with Crippen LogP contribution < -0.4 is 15.5 Å². The third-order valence-corrected chi connectivity index (χ3v) is 5.62. The van der Waals surface area contributed by atoms with Gasteiger partial charge >= 0.3 is 6.18 Å². The van der Waals surface area contributed by atoms with Crippen LogP contribution in [0.5, 0.6) is 0 Å². The number of para-hydroxylation sites is 1. The molecule has 2 aromatic rings. The van der Waals surface area contributed by atoms with E-state index in [-0.39, 0.29) is 6.54 Å². The number of rotatable bonds is 8. The number of benzodiazepines with no additional fused rings is 1. The van der Waals surface area contributed by atoms with Gasteiger partial charge in [0.15, 0.2) is 0 Å². The number of hydrogen-bond acceptors (Lipinski definition) is 4. The van der Waals surface area contributed by atoms with Gasteiger partial charge < -0.3 is 15.5 Å². The van der Waals surface area contributed by atoms with Crippen LogP contribution in [0.15, 0.2) is 59.6 Å². The predicted octanol–water partition coefficient (Wildman–Crippen LogP) is 3.43. The number of alkyl halides is 3. The van der Waals surface area contributed by atoms with Crippen molar-refractivity contribution in [1.29, 1.82) is 0 Å². The minimum absolute atomic E-state index is 0.279. The molecule has 0 bridgehead atoms. The van der Waals surface area contributed by atoms with Crippen molar-refractivity contribution in [2.24, 2.45) is 10.9 Å². The Hall–Kier alpha value is -3.69. The van der Waals surface area contributed by atoms with Crippen LogP contribution in [0.1, 0.15) is 37.3 Å². The van der Waals surface area contributed by atoms with Crippen molar-refractivity contribution in [2.75, 3.05) is 18.5 Å². The molecule has 0 saturated heterocycles. The van der Waals surface area contributed by atoms with Crippen molar-refractivity contribution in [1.82, 2.24) is 10.6 Å². The fraction of sp³-hybridized carbons (Fsp3) is 0.360. The van der Waals surface area contributed by atoms with Crippen LogP contribution in [0.3, 0.4) is 0 Å². The standard InChI is InChI=1S/C25H27F3N4O3/c1-3-29-20(33)15-17(13-14-25(26,27)28)23(34)31-22-24(35)32(2)19-12-8-7-11-18(19)21(30-22)16-9-5-4-6-10-16/h4-12,17,22H,3,13-15H2,1-2H3,(H,29,33)(H,31,34)/t17-,22-/m1/s1. The predicted molar refractivity (Wildman–Crippen MR) is 126 cm³/mol. The molecule has 1 aliphatic heterocycles. The Morgan fingerprint density at radius 1 is 1.09 bits per heavy atom. The molecule has 0 aliphatic carbocycles. The van der Waals surface area contributed by atoms with Gasteiger partial charge in [0.1, 0.15) is 0 Å². The molecule has 0 spiro atoms. The van der Waals surface area contributed by atoms with E-state index in [0.29, 0.717) is 22.5 Å². The number of halogens is 3. The van der Waals surface area contributed by atoms with Crippen LogP contribution in [-0.4, -0.2) is 49.4 Å². The Kier molecular flexibility index (Phi) is 8.26. The zero-order valence-electron chi connectivity index (χ0n) is 19.4. The average molecular weight is 489 g/mol. The number of amides is 3. The quantitative estimate of drug-likeness (QED) is 0.597. The van der Waals surface area contributed by atoms with Gasteiger partial charge in [0, 0.05) is 43.5 Å². The second kappa shape index (κ2) is 11.2. The van der Waals surface area contributed by atoms with E-state index in [4.69, 9.17) is 0 Å². The van der Waals surface area contributed by atoms with E-state index in [0.717, 1.165) is 0 Å². The third kappa shape index (κ3) is 6.68. The number of benzene rings is 2. The maximum absolute atomic E-state index is 13.2. The Morgan fingerprint density at radius 2 is 1.74 bits per heavy atom. The molecule has 1 heterocycles. The van der Waals surface area contributed by atoms with E-state index in [1.165, 1.54) is 4.90 Å². The fourth-order valence-corrected chi connectivity index (χ4v) is 3.85. The first kappa shape index (κ1) is 25.9. The molecule has 3 amide bonds. The van der Waals surface area contributed by atoms with Crippen molar-refractivity contribution in [3.05, 3.63) is 65.7 Å². The molecule has 2 atom stereocenters. The van der Waals surface area contributed by atoms with Gasteiger partial charge in [-0.25, -0.2) is 4.99 Å². The van der Waals surface area contributed by atoms with Crippen LogP contribution in [-0.2, 0) is 14.4 Å². The van der Waals surface area contributed by atoms with Crippen LogP contribution >= 0.6 is 0 Å². The lowest BCUT2D eigenvalue weighted by Gasteiger charge is -2.23. The highest BCUT2D eigenvalue weighted by Crippen LogP contribution is 2.28. The molecule has 0 radical (unpaired) electrons. The number of nitrogens with one attached hydrogen (secondary N) is 2. The number of hydrogen-bond donors (Lipinski definition) is 2. The highest BCUT2D eigenvalue weighted by molar-refractivity contribution is 6.20. The maximum atomic E-state index is 13.2. The zero-order chi connectivity index (χ0) is 25.6. The van der Waals surface area contributed by atoms with Gasteiger partial charge in [-0.15, -0.1) is 0 Å². The summed E-state index contributed by atoms with van der Waals surface area (Å²) in [5.41, 5.74) is 2.41. The number of nitrogens with zero attached hydrogens (tertiary/aromatic N) is 2. The monoisotopic (exact) mass is 488 g/mol. The Morgan fingerprint density at radius 3 is 2.40 bits per heavy atom. The molecule has 0 aromatic heterocycles. The highest BCUT2D eigenvalue weighted by atomic mass is 19.4. The van der Waals surface area contributed by atoms with E-state index in [1.54, 1.807) is 38.2 Å². The third-order valence-electron chi connectivity index (χ3n) is 5.62. The van der Waals surface area contributed by atoms with E-state index in [9.17, 15) is 27.6 Å². The maximum Gasteiger partial charge on any atom is 0.389 e. The van der Waals surface area contributed by atoms with Crippen LogP contribution in [0.25, 0.3) is 0 Å². The van der Waals surface area contributed by atoms with Gasteiger partial charge in [-0.1, -0.05) is 48.5 Å². The zero-order valence-corrected chi connectivity index (χ0v) is 19.4. The lowest BCUT2D eigenvalue weighted by Crippen LogP contribution is -2.48. The topological polar surface area (TPSA) is 90.9 Å². The highest BCUT2D eigenvalue weighted by Gasteiger charge is 2.35. The van der Waals surface area contributed by atoms with E-state index in [2.05, 4.69) is 15.6 Å². The van der Waals surface area contributed by atoms with Crippen molar-refractivity contribution in [3.8, 4) is 0 Å². The molecular formula is C25H27F3N4O3. The van der Waals surface area contributed by atoms with E-state index >= 15 is 0 Å². The Balaban J connectivity index is 1.94. The molecule has 0 saturated carbocycles. The number of fused-ring (bicyclic) bond motifs is 1. The molecule has 2 aromatic carbocycles. The number of carbonyl (C=O) groups is 3. The SMILES string of the molecule is CCNC(=O)C[C@@H](CCC(F)(F)F)C(=O)N[C@H]1N=C(c2ccccc2)c2ccccc2N(C)C1=O. The average Bonchev–Trinajstić information content (AvgIpc) is 2.92. The number of likely N-dealkylation sites (N-methyl/N-ethyl adjacent to an activating group) is 1. The van der Waals surface area contributed by atoms with Crippen LogP contribution in [0, 0.1) is 5.92 Å². The summed E-state index contributed by atoms with van der Waals surface area (Å²) in [4.78, 5) is 44.2. The molecule has 35 heavy (non-hydrogen) atoms. The minimum atomic E-state index is -4.49. The molecule has 186 valence electrons. The summed E-state index contributed by atoms with van der Waals surface area (Å²) < 4.78 is 38.6. The minimum Gasteiger partial charge on any atom is -0.356 e. The van der Waals surface area contributed by atoms with E-state index in [1.807, 2.05) is 30.3 Å². The summed E-state index contributed by atoms with van der Waals surface area (Å²) in [6.45, 7) is 1.95. The molecule has 0 fully saturated rings. The van der Waals surface area contributed by atoms with Crippen molar-refractivity contribution in [3.63, 3.8) is 0 Å². The first-order valence-electron chi connectivity index (χ1n) is 11.2. The number of carbonyl (C=O) groups excluding carboxylic acids is 3. The smallest absolute Gasteiger partial charge is 0.356 e. The molecule has 3 rings (SSSR count). The Labute approximate surface area is 201 Å². The second-order valence-electron chi connectivity index (χ2n) is 8.18. The van der Waals surface area contributed by atoms with Gasteiger partial charge in [0.05, 0.1) is 11.4 Å². The molecule has 1 aliphatic rings. The molecular weight excluding hydrogens is 461 g/mol. The normalized spacial score (nSPS) is 16.6. The second-order valence-corrected chi connectivity index (χ2v) is 8.18. The first-order chi connectivity index (χ1) is 16.6. The van der Waals surface area contributed by atoms with Gasteiger partial charge in [-0.3, -0.25) is 14.4 Å². The molecule has 2 N–H and O–H groups in total. The lowest BCUT2D eigenvalue weighted by atomic mass is 9.97. The van der Waals surface area contributed by atoms with Crippen LogP contribution in [0.4, 0.5) is 18.9 Å². The lowest BCUT2D eigenvalue weighted by molar-refractivity contribution is -0.144. The summed E-state index contributed by atoms with van der Waals surface area (Å²) in [7, 11) is 1.54. The fourth-order valence-electron chi connectivity index (χ4n) is 3.85. The summed E-state index contributed by atoms with van der Waals surface area (Å²) in [6.07, 6.45) is -8.11. The summed E-state index contributed by atoms with van der Waals surface area (Å²) in [6, 6.07) is 16.2. The van der Waals surface area contributed by atoms with Crippen molar-refractivity contribution in [2.45, 2.75) is 38.5 Å². The number of anilines is 1. The van der Waals surface area contributed by atoms with E-state index < -0.39 is 55.2 Å².